The zero-order chi connectivity index (χ0) is 26.5. The molecule has 1 aromatic heterocycles. The number of anilines is 3. The number of carbonyl (C=O) groups excluding carboxylic acids is 3. The molecule has 0 aliphatic carbocycles. The topological polar surface area (TPSA) is 126 Å². The summed E-state index contributed by atoms with van der Waals surface area (Å²) in [6, 6.07) is 6.79. The Bertz CT molecular complexity index is 1080. The van der Waals surface area contributed by atoms with E-state index in [1.807, 2.05) is 25.7 Å². The lowest BCUT2D eigenvalue weighted by molar-refractivity contribution is 0.0240. The third-order valence-electron chi connectivity index (χ3n) is 4.94. The molecule has 1 saturated heterocycles. The standard InChI is InChI=1S/C25H34N6O5/c1-24(2,3)35-22(33)29-18-10-8-7-9-17(18)28-21(32)19-15-27-20(16-26-19)30-11-13-31(14-12-30)23(34)36-25(4,5)6/h7-10,15-16H,11-14H2,1-6H3,(H,28,32)(H,29,33). The van der Waals surface area contributed by atoms with Gasteiger partial charge in [-0.1, -0.05) is 12.1 Å². The van der Waals surface area contributed by atoms with Crippen molar-refractivity contribution >= 4 is 35.3 Å². The van der Waals surface area contributed by atoms with E-state index < -0.39 is 23.2 Å². The average Bonchev–Trinajstić information content (AvgIpc) is 2.78. The summed E-state index contributed by atoms with van der Waals surface area (Å²) in [5, 5.41) is 5.39. The first kappa shape index (κ1) is 26.7. The van der Waals surface area contributed by atoms with Gasteiger partial charge in [0.15, 0.2) is 0 Å². The summed E-state index contributed by atoms with van der Waals surface area (Å²) in [5.41, 5.74) is -0.270. The van der Waals surface area contributed by atoms with Crippen LogP contribution in [0, 0.1) is 0 Å². The third kappa shape index (κ3) is 7.82. The molecule has 0 spiro atoms. The van der Waals surface area contributed by atoms with Crippen LogP contribution in [0.15, 0.2) is 36.7 Å². The summed E-state index contributed by atoms with van der Waals surface area (Å²) in [5.74, 6) is 0.143. The molecule has 2 N–H and O–H groups in total. The van der Waals surface area contributed by atoms with Gasteiger partial charge in [-0.2, -0.15) is 0 Å². The average molecular weight is 499 g/mol. The second-order valence-corrected chi connectivity index (χ2v) is 10.3. The Hall–Kier alpha value is -3.89. The van der Waals surface area contributed by atoms with Gasteiger partial charge in [0.2, 0.25) is 0 Å². The monoisotopic (exact) mass is 498 g/mol. The van der Waals surface area contributed by atoms with Gasteiger partial charge < -0.3 is 24.6 Å². The number of aromatic nitrogens is 2. The van der Waals surface area contributed by atoms with Gasteiger partial charge in [-0.3, -0.25) is 10.1 Å². The van der Waals surface area contributed by atoms with Crippen molar-refractivity contribution < 1.29 is 23.9 Å². The van der Waals surface area contributed by atoms with Crippen LogP contribution in [0.1, 0.15) is 52.0 Å². The van der Waals surface area contributed by atoms with Gasteiger partial charge in [0.1, 0.15) is 22.7 Å². The van der Waals surface area contributed by atoms with Crippen LogP contribution in [0.4, 0.5) is 26.8 Å². The van der Waals surface area contributed by atoms with Gasteiger partial charge in [0.25, 0.3) is 5.91 Å². The van der Waals surface area contributed by atoms with Crippen LogP contribution in [-0.2, 0) is 9.47 Å². The molecule has 0 radical (unpaired) electrons. The summed E-state index contributed by atoms with van der Waals surface area (Å²) in [4.78, 5) is 49.5. The van der Waals surface area contributed by atoms with Gasteiger partial charge in [-0.15, -0.1) is 0 Å². The predicted octanol–water partition coefficient (Wildman–Crippen LogP) is 4.13. The van der Waals surface area contributed by atoms with Gasteiger partial charge in [-0.05, 0) is 53.7 Å². The maximum Gasteiger partial charge on any atom is 0.412 e. The Morgan fingerprint density at radius 1 is 0.806 bits per heavy atom. The van der Waals surface area contributed by atoms with Gasteiger partial charge in [0, 0.05) is 26.2 Å². The molecule has 0 saturated carbocycles. The number of hydrogen-bond acceptors (Lipinski definition) is 8. The van der Waals surface area contributed by atoms with Crippen LogP contribution in [0.2, 0.25) is 0 Å². The summed E-state index contributed by atoms with van der Waals surface area (Å²) >= 11 is 0. The quantitative estimate of drug-likeness (QED) is 0.644. The second kappa shape index (κ2) is 10.8. The smallest absolute Gasteiger partial charge is 0.412 e. The van der Waals surface area contributed by atoms with Crippen molar-refractivity contribution in [3.8, 4) is 0 Å². The second-order valence-electron chi connectivity index (χ2n) is 10.3. The molecular formula is C25H34N6O5. The highest BCUT2D eigenvalue weighted by molar-refractivity contribution is 6.05. The van der Waals surface area contributed by atoms with Crippen molar-refractivity contribution in [1.82, 2.24) is 14.9 Å². The Morgan fingerprint density at radius 3 is 1.92 bits per heavy atom. The number of hydrogen-bond donors (Lipinski definition) is 2. The Labute approximate surface area is 211 Å². The first-order chi connectivity index (χ1) is 16.8. The van der Waals surface area contributed by atoms with E-state index in [0.29, 0.717) is 43.4 Å². The minimum atomic E-state index is -0.651. The van der Waals surface area contributed by atoms with Crippen molar-refractivity contribution in [2.24, 2.45) is 0 Å². The van der Waals surface area contributed by atoms with E-state index in [1.165, 1.54) is 12.4 Å². The molecule has 0 unspecified atom stereocenters. The van der Waals surface area contributed by atoms with E-state index in [4.69, 9.17) is 9.47 Å². The maximum absolute atomic E-state index is 12.8. The van der Waals surface area contributed by atoms with E-state index in [1.54, 1.807) is 49.9 Å². The van der Waals surface area contributed by atoms with Crippen molar-refractivity contribution in [3.63, 3.8) is 0 Å². The van der Waals surface area contributed by atoms with Gasteiger partial charge >= 0.3 is 12.2 Å². The summed E-state index contributed by atoms with van der Waals surface area (Å²) in [6.45, 7) is 13.0. The Balaban J connectivity index is 1.58. The minimum absolute atomic E-state index is 0.123. The van der Waals surface area contributed by atoms with E-state index in [0.717, 1.165) is 0 Å². The molecule has 0 atom stereocenters. The SMILES string of the molecule is CC(C)(C)OC(=O)Nc1ccccc1NC(=O)c1cnc(N2CCN(C(=O)OC(C)(C)C)CC2)cn1. The summed E-state index contributed by atoms with van der Waals surface area (Å²) in [7, 11) is 0. The van der Waals surface area contributed by atoms with Crippen LogP contribution in [-0.4, -0.2) is 70.3 Å². The van der Waals surface area contributed by atoms with Crippen molar-refractivity contribution in [2.75, 3.05) is 41.7 Å². The molecule has 1 aromatic carbocycles. The summed E-state index contributed by atoms with van der Waals surface area (Å²) in [6.07, 6.45) is 1.97. The normalized spacial score (nSPS) is 14.2. The number of amides is 3. The molecule has 0 bridgehead atoms. The molecule has 11 nitrogen and oxygen atoms in total. The molecule has 11 heteroatoms. The summed E-state index contributed by atoms with van der Waals surface area (Å²) < 4.78 is 10.7. The lowest BCUT2D eigenvalue weighted by Gasteiger charge is -2.36. The van der Waals surface area contributed by atoms with Gasteiger partial charge in [0.05, 0.1) is 23.8 Å². The third-order valence-corrected chi connectivity index (χ3v) is 4.94. The number of nitrogens with zero attached hydrogens (tertiary/aromatic N) is 4. The maximum atomic E-state index is 12.8. The molecule has 1 fully saturated rings. The number of para-hydroxylation sites is 2. The number of piperazine rings is 1. The molecule has 1 aliphatic heterocycles. The van der Waals surface area contributed by atoms with Crippen molar-refractivity contribution in [2.45, 2.75) is 52.7 Å². The van der Waals surface area contributed by atoms with E-state index in [9.17, 15) is 14.4 Å². The van der Waals surface area contributed by atoms with Crippen LogP contribution >= 0.6 is 0 Å². The Kier molecular flexibility index (Phi) is 8.01. The van der Waals surface area contributed by atoms with Crippen LogP contribution in [0.25, 0.3) is 0 Å². The molecule has 36 heavy (non-hydrogen) atoms. The fraction of sp³-hybridized carbons (Fsp3) is 0.480. The highest BCUT2D eigenvalue weighted by atomic mass is 16.6. The first-order valence-electron chi connectivity index (χ1n) is 11.8. The van der Waals surface area contributed by atoms with E-state index in [-0.39, 0.29) is 11.8 Å². The van der Waals surface area contributed by atoms with Crippen molar-refractivity contribution in [1.29, 1.82) is 0 Å². The first-order valence-corrected chi connectivity index (χ1v) is 11.8. The predicted molar refractivity (Wildman–Crippen MR) is 136 cm³/mol. The zero-order valence-corrected chi connectivity index (χ0v) is 21.6. The molecule has 194 valence electrons. The molecule has 3 rings (SSSR count). The van der Waals surface area contributed by atoms with E-state index in [2.05, 4.69) is 20.6 Å². The number of ether oxygens (including phenoxy) is 2. The Morgan fingerprint density at radius 2 is 1.39 bits per heavy atom. The fourth-order valence-electron chi connectivity index (χ4n) is 3.35. The van der Waals surface area contributed by atoms with Crippen LogP contribution in [0.5, 0.6) is 0 Å². The van der Waals surface area contributed by atoms with Crippen LogP contribution < -0.4 is 15.5 Å². The molecule has 3 amide bonds. The number of benzene rings is 1. The molecule has 2 heterocycles. The highest BCUT2D eigenvalue weighted by Crippen LogP contribution is 2.23. The number of rotatable bonds is 4. The van der Waals surface area contributed by atoms with E-state index >= 15 is 0 Å². The molecular weight excluding hydrogens is 464 g/mol. The lowest BCUT2D eigenvalue weighted by atomic mass is 10.2. The lowest BCUT2D eigenvalue weighted by Crippen LogP contribution is -2.50. The number of nitrogens with one attached hydrogen (secondary N) is 2. The highest BCUT2D eigenvalue weighted by Gasteiger charge is 2.26. The molecule has 1 aliphatic rings. The minimum Gasteiger partial charge on any atom is -0.444 e. The molecule has 2 aromatic rings. The van der Waals surface area contributed by atoms with Crippen LogP contribution in [0.3, 0.4) is 0 Å². The largest absolute Gasteiger partial charge is 0.444 e. The van der Waals surface area contributed by atoms with Gasteiger partial charge in [-0.25, -0.2) is 19.6 Å². The number of carbonyl (C=O) groups is 3. The fourth-order valence-corrected chi connectivity index (χ4v) is 3.35. The van der Waals surface area contributed by atoms with Crippen molar-refractivity contribution in [3.05, 3.63) is 42.4 Å². The zero-order valence-electron chi connectivity index (χ0n) is 21.6.